The van der Waals surface area contributed by atoms with E-state index in [1.807, 2.05) is 0 Å². The lowest BCUT2D eigenvalue weighted by Gasteiger charge is -2.36. The number of hydrogen-bond donors (Lipinski definition) is 4. The SMILES string of the molecule is COC(=O)C(O)C1OC[C@@H](O)[C@H](O)[C@H]1O. The highest BCUT2D eigenvalue weighted by atomic mass is 16.6. The molecule has 1 fully saturated rings. The Labute approximate surface area is 85.9 Å². The molecule has 0 aliphatic carbocycles. The summed E-state index contributed by atoms with van der Waals surface area (Å²) in [6.45, 7) is -0.267. The minimum Gasteiger partial charge on any atom is -0.467 e. The van der Waals surface area contributed by atoms with Crippen molar-refractivity contribution in [1.82, 2.24) is 0 Å². The molecule has 4 N–H and O–H groups in total. The third-order valence-corrected chi connectivity index (χ3v) is 2.29. The van der Waals surface area contributed by atoms with Crippen molar-refractivity contribution >= 4 is 5.97 Å². The third kappa shape index (κ3) is 2.44. The standard InChI is InChI=1S/C8H14O7/c1-14-8(13)6(12)7-5(11)4(10)3(9)2-15-7/h3-7,9-12H,2H2,1H3/t3-,4+,5-,6?,7?/m1/s1. The summed E-state index contributed by atoms with van der Waals surface area (Å²) in [4.78, 5) is 10.9. The molecule has 1 aliphatic rings. The molecule has 0 radical (unpaired) electrons. The first kappa shape index (κ1) is 12.3. The van der Waals surface area contributed by atoms with Crippen LogP contribution in [-0.4, -0.2) is 70.6 Å². The van der Waals surface area contributed by atoms with Crippen LogP contribution in [-0.2, 0) is 14.3 Å². The Balaban J connectivity index is 2.66. The third-order valence-electron chi connectivity index (χ3n) is 2.29. The van der Waals surface area contributed by atoms with Crippen LogP contribution in [0.4, 0.5) is 0 Å². The Bertz CT molecular complexity index is 231. The summed E-state index contributed by atoms with van der Waals surface area (Å²) in [5.41, 5.74) is 0. The molecule has 1 heterocycles. The summed E-state index contributed by atoms with van der Waals surface area (Å²) in [6.07, 6.45) is -7.21. The van der Waals surface area contributed by atoms with E-state index >= 15 is 0 Å². The molecule has 0 amide bonds. The molecule has 88 valence electrons. The monoisotopic (exact) mass is 222 g/mol. The number of hydrogen-bond acceptors (Lipinski definition) is 7. The molecule has 0 spiro atoms. The lowest BCUT2D eigenvalue weighted by Crippen LogP contribution is -2.58. The topological polar surface area (TPSA) is 116 Å². The minimum absolute atomic E-state index is 0.267. The average molecular weight is 222 g/mol. The van der Waals surface area contributed by atoms with Gasteiger partial charge in [0.2, 0.25) is 0 Å². The summed E-state index contributed by atoms with van der Waals surface area (Å²) >= 11 is 0. The summed E-state index contributed by atoms with van der Waals surface area (Å²) in [7, 11) is 1.08. The summed E-state index contributed by atoms with van der Waals surface area (Å²) in [6, 6.07) is 0. The van der Waals surface area contributed by atoms with Crippen molar-refractivity contribution < 1.29 is 34.7 Å². The van der Waals surface area contributed by atoms with Crippen LogP contribution in [0.15, 0.2) is 0 Å². The predicted molar refractivity (Wildman–Crippen MR) is 45.8 cm³/mol. The quantitative estimate of drug-likeness (QED) is 0.368. The van der Waals surface area contributed by atoms with Gasteiger partial charge in [-0.25, -0.2) is 4.79 Å². The lowest BCUT2D eigenvalue weighted by atomic mass is 9.96. The maximum Gasteiger partial charge on any atom is 0.337 e. The van der Waals surface area contributed by atoms with Crippen molar-refractivity contribution in [3.63, 3.8) is 0 Å². The Kier molecular flexibility index (Phi) is 4.00. The van der Waals surface area contributed by atoms with Crippen molar-refractivity contribution in [2.75, 3.05) is 13.7 Å². The molecule has 0 aromatic carbocycles. The van der Waals surface area contributed by atoms with Gasteiger partial charge in [0.1, 0.15) is 24.4 Å². The molecule has 0 aromatic rings. The Morgan fingerprint density at radius 3 is 2.53 bits per heavy atom. The van der Waals surface area contributed by atoms with Gasteiger partial charge in [-0.15, -0.1) is 0 Å². The van der Waals surface area contributed by atoms with Gasteiger partial charge in [-0.3, -0.25) is 0 Å². The zero-order valence-electron chi connectivity index (χ0n) is 8.11. The highest BCUT2D eigenvalue weighted by Gasteiger charge is 2.43. The van der Waals surface area contributed by atoms with Gasteiger partial charge in [-0.05, 0) is 0 Å². The first-order chi connectivity index (χ1) is 6.99. The van der Waals surface area contributed by atoms with E-state index < -0.39 is 36.5 Å². The maximum atomic E-state index is 10.9. The number of aliphatic hydroxyl groups excluding tert-OH is 4. The number of carbonyl (C=O) groups excluding carboxylic acids is 1. The second-order valence-electron chi connectivity index (χ2n) is 3.31. The summed E-state index contributed by atoms with van der Waals surface area (Å²) in [5.74, 6) is -0.970. The number of esters is 1. The predicted octanol–water partition coefficient (Wildman–Crippen LogP) is -3.00. The van der Waals surface area contributed by atoms with Crippen molar-refractivity contribution in [2.24, 2.45) is 0 Å². The van der Waals surface area contributed by atoms with Gasteiger partial charge in [-0.1, -0.05) is 0 Å². The van der Waals surface area contributed by atoms with E-state index in [1.165, 1.54) is 0 Å². The first-order valence-corrected chi connectivity index (χ1v) is 4.40. The van der Waals surface area contributed by atoms with Crippen LogP contribution in [0.25, 0.3) is 0 Å². The van der Waals surface area contributed by atoms with Gasteiger partial charge in [0, 0.05) is 0 Å². The van der Waals surface area contributed by atoms with Gasteiger partial charge in [0.05, 0.1) is 13.7 Å². The maximum absolute atomic E-state index is 10.9. The van der Waals surface area contributed by atoms with Crippen LogP contribution < -0.4 is 0 Å². The van der Waals surface area contributed by atoms with Crippen molar-refractivity contribution in [3.05, 3.63) is 0 Å². The van der Waals surface area contributed by atoms with Gasteiger partial charge >= 0.3 is 5.97 Å². The lowest BCUT2D eigenvalue weighted by molar-refractivity contribution is -0.216. The van der Waals surface area contributed by atoms with Crippen LogP contribution >= 0.6 is 0 Å². The highest BCUT2D eigenvalue weighted by molar-refractivity contribution is 5.75. The highest BCUT2D eigenvalue weighted by Crippen LogP contribution is 2.18. The van der Waals surface area contributed by atoms with Crippen LogP contribution in [0.3, 0.4) is 0 Å². The molecule has 0 aromatic heterocycles. The second-order valence-corrected chi connectivity index (χ2v) is 3.31. The summed E-state index contributed by atoms with van der Waals surface area (Å²) < 4.78 is 9.10. The van der Waals surface area contributed by atoms with Crippen molar-refractivity contribution in [2.45, 2.75) is 30.5 Å². The van der Waals surface area contributed by atoms with Gasteiger partial charge in [0.25, 0.3) is 0 Å². The molecule has 5 atom stereocenters. The molecule has 1 aliphatic heterocycles. The van der Waals surface area contributed by atoms with Gasteiger partial charge in [0.15, 0.2) is 6.10 Å². The number of carbonyl (C=O) groups is 1. The van der Waals surface area contributed by atoms with Crippen molar-refractivity contribution in [3.8, 4) is 0 Å². The van der Waals surface area contributed by atoms with E-state index in [0.717, 1.165) is 7.11 Å². The molecular formula is C8H14O7. The fourth-order valence-electron chi connectivity index (χ4n) is 1.36. The molecule has 7 heteroatoms. The molecule has 0 saturated carbocycles. The van der Waals surface area contributed by atoms with Gasteiger partial charge in [-0.2, -0.15) is 0 Å². The molecule has 15 heavy (non-hydrogen) atoms. The molecule has 1 saturated heterocycles. The van der Waals surface area contributed by atoms with E-state index in [4.69, 9.17) is 9.84 Å². The average Bonchev–Trinajstić information content (AvgIpc) is 2.24. The number of aliphatic hydroxyl groups is 4. The van der Waals surface area contributed by atoms with Crippen LogP contribution in [0.5, 0.6) is 0 Å². The Morgan fingerprint density at radius 2 is 2.00 bits per heavy atom. The van der Waals surface area contributed by atoms with E-state index in [-0.39, 0.29) is 6.61 Å². The first-order valence-electron chi connectivity index (χ1n) is 4.40. The Hall–Kier alpha value is -0.730. The smallest absolute Gasteiger partial charge is 0.337 e. The normalized spacial score (nSPS) is 38.5. The Morgan fingerprint density at radius 1 is 1.40 bits per heavy atom. The molecular weight excluding hydrogens is 208 g/mol. The van der Waals surface area contributed by atoms with Crippen molar-refractivity contribution in [1.29, 1.82) is 0 Å². The number of methoxy groups -OCH3 is 1. The van der Waals surface area contributed by atoms with Crippen LogP contribution in [0.1, 0.15) is 0 Å². The zero-order valence-corrected chi connectivity index (χ0v) is 8.11. The van der Waals surface area contributed by atoms with E-state index in [2.05, 4.69) is 4.74 Å². The van der Waals surface area contributed by atoms with E-state index in [1.54, 1.807) is 0 Å². The van der Waals surface area contributed by atoms with Crippen LogP contribution in [0, 0.1) is 0 Å². The molecule has 2 unspecified atom stereocenters. The van der Waals surface area contributed by atoms with E-state index in [9.17, 15) is 20.1 Å². The van der Waals surface area contributed by atoms with Crippen LogP contribution in [0.2, 0.25) is 0 Å². The number of ether oxygens (including phenoxy) is 2. The fraction of sp³-hybridized carbons (Fsp3) is 0.875. The molecule has 1 rings (SSSR count). The fourth-order valence-corrected chi connectivity index (χ4v) is 1.36. The zero-order chi connectivity index (χ0) is 11.6. The molecule has 0 bridgehead atoms. The second kappa shape index (κ2) is 4.86. The van der Waals surface area contributed by atoms with E-state index in [0.29, 0.717) is 0 Å². The minimum atomic E-state index is -1.69. The largest absolute Gasteiger partial charge is 0.467 e. The van der Waals surface area contributed by atoms with Gasteiger partial charge < -0.3 is 29.9 Å². The molecule has 7 nitrogen and oxygen atoms in total. The number of rotatable bonds is 2. The summed E-state index contributed by atoms with van der Waals surface area (Å²) in [5, 5.41) is 37.2.